The number of carboxylic acids is 2. The summed E-state index contributed by atoms with van der Waals surface area (Å²) in [5, 5.41) is 18.2. The lowest BCUT2D eigenvalue weighted by atomic mass is 10.1. The maximum atomic E-state index is 11.1. The highest BCUT2D eigenvalue weighted by molar-refractivity contribution is 5.89. The van der Waals surface area contributed by atoms with E-state index in [0.717, 1.165) is 28.0 Å². The van der Waals surface area contributed by atoms with Crippen LogP contribution >= 0.6 is 0 Å². The minimum absolute atomic E-state index is 0.218. The minimum atomic E-state index is -0.974. The Labute approximate surface area is 160 Å². The van der Waals surface area contributed by atoms with Crippen molar-refractivity contribution in [3.8, 4) is 11.4 Å². The van der Waals surface area contributed by atoms with Crippen LogP contribution in [-0.4, -0.2) is 31.7 Å². The number of hydrogen-bond donors (Lipinski definition) is 2. The smallest absolute Gasteiger partial charge is 0.335 e. The third-order valence-corrected chi connectivity index (χ3v) is 4.59. The van der Waals surface area contributed by atoms with Crippen LogP contribution in [0.3, 0.4) is 0 Å². The van der Waals surface area contributed by atoms with Crippen LogP contribution in [0.15, 0.2) is 72.8 Å². The average Bonchev–Trinajstić information content (AvgIpc) is 3.07. The van der Waals surface area contributed by atoms with E-state index in [2.05, 4.69) is 0 Å². The maximum Gasteiger partial charge on any atom is 0.335 e. The van der Waals surface area contributed by atoms with Crippen LogP contribution < -0.4 is 0 Å². The maximum absolute atomic E-state index is 11.1. The number of carboxylic acid groups (broad SMARTS) is 2. The molecule has 0 unspecified atom stereocenters. The molecule has 0 saturated carbocycles. The van der Waals surface area contributed by atoms with Crippen molar-refractivity contribution in [2.24, 2.45) is 0 Å². The van der Waals surface area contributed by atoms with E-state index in [-0.39, 0.29) is 11.1 Å². The van der Waals surface area contributed by atoms with Gasteiger partial charge >= 0.3 is 11.9 Å². The van der Waals surface area contributed by atoms with Gasteiger partial charge in [0, 0.05) is 12.1 Å². The second-order valence-electron chi connectivity index (χ2n) is 6.39. The van der Waals surface area contributed by atoms with Gasteiger partial charge in [-0.3, -0.25) is 0 Å². The zero-order valence-corrected chi connectivity index (χ0v) is 14.7. The summed E-state index contributed by atoms with van der Waals surface area (Å²) < 4.78 is 2.04. The van der Waals surface area contributed by atoms with Gasteiger partial charge in [-0.05, 0) is 42.0 Å². The molecule has 0 aliphatic heterocycles. The van der Waals surface area contributed by atoms with Gasteiger partial charge in [0.2, 0.25) is 0 Å². The van der Waals surface area contributed by atoms with Gasteiger partial charge in [0.15, 0.2) is 0 Å². The van der Waals surface area contributed by atoms with E-state index in [4.69, 9.17) is 15.2 Å². The molecular formula is C22H16N2O4. The number of para-hydroxylation sites is 2. The normalized spacial score (nSPS) is 10.9. The van der Waals surface area contributed by atoms with E-state index in [1.165, 1.54) is 0 Å². The van der Waals surface area contributed by atoms with Crippen molar-refractivity contribution >= 4 is 23.0 Å². The fraction of sp³-hybridized carbons (Fsp3) is 0.0455. The highest BCUT2D eigenvalue weighted by Crippen LogP contribution is 2.26. The Balaban J connectivity index is 1.79. The quantitative estimate of drug-likeness (QED) is 0.549. The molecule has 28 heavy (non-hydrogen) atoms. The Bertz CT molecular complexity index is 1180. The molecule has 138 valence electrons. The molecule has 4 aromatic rings. The standard InChI is InChI=1S/C22H16N2O4/c25-21(26)16-7-5-14(6-8-16)13-24-19-4-2-1-3-18(19)23-20(24)15-9-11-17(12-10-15)22(27)28/h1-12H,13H2,(H,25,26)(H,27,28). The highest BCUT2D eigenvalue weighted by atomic mass is 16.4. The van der Waals surface area contributed by atoms with E-state index in [9.17, 15) is 9.59 Å². The molecule has 2 N–H and O–H groups in total. The molecule has 0 aliphatic rings. The van der Waals surface area contributed by atoms with E-state index < -0.39 is 11.9 Å². The molecule has 0 amide bonds. The lowest BCUT2D eigenvalue weighted by molar-refractivity contribution is 0.0686. The minimum Gasteiger partial charge on any atom is -0.478 e. The third kappa shape index (κ3) is 3.23. The molecule has 0 radical (unpaired) electrons. The second-order valence-corrected chi connectivity index (χ2v) is 6.39. The Hall–Kier alpha value is -3.93. The van der Waals surface area contributed by atoms with Gasteiger partial charge in [0.05, 0.1) is 22.2 Å². The van der Waals surface area contributed by atoms with Crippen LogP contribution in [0.4, 0.5) is 0 Å². The number of hydrogen-bond acceptors (Lipinski definition) is 3. The van der Waals surface area contributed by atoms with Gasteiger partial charge in [-0.15, -0.1) is 0 Å². The molecule has 1 heterocycles. The number of carbonyl (C=O) groups is 2. The zero-order valence-electron chi connectivity index (χ0n) is 14.7. The lowest BCUT2D eigenvalue weighted by Gasteiger charge is -2.10. The largest absolute Gasteiger partial charge is 0.478 e. The predicted molar refractivity (Wildman–Crippen MR) is 105 cm³/mol. The number of aromatic nitrogens is 2. The van der Waals surface area contributed by atoms with Gasteiger partial charge in [-0.2, -0.15) is 0 Å². The van der Waals surface area contributed by atoms with Crippen LogP contribution in [-0.2, 0) is 6.54 Å². The fourth-order valence-corrected chi connectivity index (χ4v) is 3.15. The first-order valence-corrected chi connectivity index (χ1v) is 8.64. The van der Waals surface area contributed by atoms with Gasteiger partial charge < -0.3 is 14.8 Å². The van der Waals surface area contributed by atoms with Gasteiger partial charge in [-0.1, -0.05) is 36.4 Å². The number of fused-ring (bicyclic) bond motifs is 1. The first-order valence-electron chi connectivity index (χ1n) is 8.64. The summed E-state index contributed by atoms with van der Waals surface area (Å²) in [7, 11) is 0. The van der Waals surface area contributed by atoms with Crippen LogP contribution in [0.1, 0.15) is 26.3 Å². The number of benzene rings is 3. The number of imidazole rings is 1. The van der Waals surface area contributed by atoms with Crippen LogP contribution in [0.25, 0.3) is 22.4 Å². The lowest BCUT2D eigenvalue weighted by Crippen LogP contribution is -2.04. The van der Waals surface area contributed by atoms with E-state index in [1.807, 2.05) is 28.8 Å². The molecular weight excluding hydrogens is 356 g/mol. The summed E-state index contributed by atoms with van der Waals surface area (Å²) in [5.41, 5.74) is 3.99. The van der Waals surface area contributed by atoms with Crippen molar-refractivity contribution in [1.82, 2.24) is 9.55 Å². The molecule has 0 spiro atoms. The summed E-state index contributed by atoms with van der Waals surface area (Å²) in [6, 6.07) is 21.1. The summed E-state index contributed by atoms with van der Waals surface area (Å²) in [6.07, 6.45) is 0. The van der Waals surface area contributed by atoms with Crippen molar-refractivity contribution < 1.29 is 19.8 Å². The molecule has 3 aromatic carbocycles. The van der Waals surface area contributed by atoms with Crippen LogP contribution in [0, 0.1) is 0 Å². The van der Waals surface area contributed by atoms with Crippen molar-refractivity contribution in [2.75, 3.05) is 0 Å². The molecule has 0 aliphatic carbocycles. The SMILES string of the molecule is O=C(O)c1ccc(Cn2c(-c3ccc(C(=O)O)cc3)nc3ccccc32)cc1. The molecule has 4 rings (SSSR count). The molecule has 6 heteroatoms. The van der Waals surface area contributed by atoms with E-state index >= 15 is 0 Å². The topological polar surface area (TPSA) is 92.4 Å². The van der Waals surface area contributed by atoms with Gasteiger partial charge in [-0.25, -0.2) is 14.6 Å². The summed E-state index contributed by atoms with van der Waals surface area (Å²) in [5.74, 6) is -1.21. The molecule has 1 aromatic heterocycles. The Kier molecular flexibility index (Phi) is 4.37. The molecule has 0 saturated heterocycles. The van der Waals surface area contributed by atoms with Crippen molar-refractivity contribution in [1.29, 1.82) is 0 Å². The summed E-state index contributed by atoms with van der Waals surface area (Å²) in [4.78, 5) is 26.9. The van der Waals surface area contributed by atoms with E-state index in [1.54, 1.807) is 48.5 Å². The highest BCUT2D eigenvalue weighted by Gasteiger charge is 2.14. The molecule has 0 fully saturated rings. The number of rotatable bonds is 5. The molecule has 0 bridgehead atoms. The Morgan fingerprint density at radius 1 is 0.786 bits per heavy atom. The van der Waals surface area contributed by atoms with Gasteiger partial charge in [0.1, 0.15) is 5.82 Å². The summed E-state index contributed by atoms with van der Waals surface area (Å²) in [6.45, 7) is 0.510. The zero-order chi connectivity index (χ0) is 19.7. The number of nitrogens with zero attached hydrogens (tertiary/aromatic N) is 2. The van der Waals surface area contributed by atoms with Crippen molar-refractivity contribution in [3.63, 3.8) is 0 Å². The van der Waals surface area contributed by atoms with E-state index in [0.29, 0.717) is 6.54 Å². The van der Waals surface area contributed by atoms with Crippen LogP contribution in [0.5, 0.6) is 0 Å². The van der Waals surface area contributed by atoms with Crippen LogP contribution in [0.2, 0.25) is 0 Å². The van der Waals surface area contributed by atoms with Crippen molar-refractivity contribution in [2.45, 2.75) is 6.54 Å². The fourth-order valence-electron chi connectivity index (χ4n) is 3.15. The second kappa shape index (κ2) is 7.00. The number of aromatic carboxylic acids is 2. The Morgan fingerprint density at radius 3 is 1.96 bits per heavy atom. The van der Waals surface area contributed by atoms with Crippen molar-refractivity contribution in [3.05, 3.63) is 89.5 Å². The first kappa shape index (κ1) is 17.5. The average molecular weight is 372 g/mol. The molecule has 6 nitrogen and oxygen atoms in total. The third-order valence-electron chi connectivity index (χ3n) is 4.59. The monoisotopic (exact) mass is 372 g/mol. The Morgan fingerprint density at radius 2 is 1.36 bits per heavy atom. The predicted octanol–water partition coefficient (Wildman–Crippen LogP) is 4.15. The molecule has 0 atom stereocenters. The van der Waals surface area contributed by atoms with Gasteiger partial charge in [0.25, 0.3) is 0 Å². The summed E-state index contributed by atoms with van der Waals surface area (Å²) >= 11 is 0. The first-order chi connectivity index (χ1) is 13.5.